The van der Waals surface area contributed by atoms with Gasteiger partial charge in [0.1, 0.15) is 11.3 Å². The molecule has 0 fully saturated rings. The summed E-state index contributed by atoms with van der Waals surface area (Å²) in [6, 6.07) is 13.2. The minimum absolute atomic E-state index is 0.0256. The van der Waals surface area contributed by atoms with Crippen LogP contribution in [0.15, 0.2) is 48.5 Å². The van der Waals surface area contributed by atoms with Crippen LogP contribution in [0, 0.1) is 10.1 Å². The molecule has 0 spiro atoms. The Morgan fingerprint density at radius 3 is 2.40 bits per heavy atom. The average molecular weight is 271 g/mol. The van der Waals surface area contributed by atoms with Gasteiger partial charge in [-0.3, -0.25) is 14.9 Å². The van der Waals surface area contributed by atoms with E-state index in [1.807, 2.05) is 6.07 Å². The molecule has 0 saturated heterocycles. The first-order chi connectivity index (χ1) is 9.52. The minimum atomic E-state index is -0.638. The fraction of sp³-hybridized carbons (Fsp3) is 0.0714. The van der Waals surface area contributed by atoms with Crippen molar-refractivity contribution in [3.63, 3.8) is 0 Å². The summed E-state index contributed by atoms with van der Waals surface area (Å²) in [5, 5.41) is 11.1. The first-order valence-electron chi connectivity index (χ1n) is 5.88. The topological polar surface area (TPSA) is 89.5 Å². The van der Waals surface area contributed by atoms with Crippen molar-refractivity contribution >= 4 is 23.0 Å². The van der Waals surface area contributed by atoms with Crippen molar-refractivity contribution in [2.75, 3.05) is 17.7 Å². The fourth-order valence-electron chi connectivity index (χ4n) is 1.89. The van der Waals surface area contributed by atoms with Crippen LogP contribution in [0.1, 0.15) is 10.4 Å². The van der Waals surface area contributed by atoms with Crippen molar-refractivity contribution in [3.05, 3.63) is 64.2 Å². The van der Waals surface area contributed by atoms with E-state index in [0.717, 1.165) is 0 Å². The molecule has 0 aliphatic heterocycles. The maximum atomic E-state index is 12.4. The Labute approximate surface area is 115 Å². The van der Waals surface area contributed by atoms with Crippen molar-refractivity contribution in [2.45, 2.75) is 0 Å². The SMILES string of the molecule is CN(C(=O)c1cccc(N)c1[N+](=O)[O-])c1ccccc1. The van der Waals surface area contributed by atoms with E-state index < -0.39 is 10.8 Å². The van der Waals surface area contributed by atoms with E-state index in [2.05, 4.69) is 0 Å². The molecule has 0 aliphatic rings. The second-order valence-electron chi connectivity index (χ2n) is 4.20. The molecule has 2 aromatic carbocycles. The molecule has 0 aliphatic carbocycles. The maximum Gasteiger partial charge on any atom is 0.304 e. The largest absolute Gasteiger partial charge is 0.393 e. The Hall–Kier alpha value is -2.89. The number of hydrogen-bond donors (Lipinski definition) is 1. The van der Waals surface area contributed by atoms with Gasteiger partial charge in [-0.05, 0) is 24.3 Å². The Morgan fingerprint density at radius 2 is 1.80 bits per heavy atom. The number of nitrogens with zero attached hydrogens (tertiary/aromatic N) is 2. The van der Waals surface area contributed by atoms with E-state index in [1.54, 1.807) is 31.3 Å². The quantitative estimate of drug-likeness (QED) is 0.527. The van der Waals surface area contributed by atoms with Crippen molar-refractivity contribution in [1.82, 2.24) is 0 Å². The molecular weight excluding hydrogens is 258 g/mol. The van der Waals surface area contributed by atoms with E-state index in [1.165, 1.54) is 23.1 Å². The molecule has 0 unspecified atom stereocenters. The van der Waals surface area contributed by atoms with Gasteiger partial charge in [0.15, 0.2) is 0 Å². The van der Waals surface area contributed by atoms with E-state index in [9.17, 15) is 14.9 Å². The summed E-state index contributed by atoms with van der Waals surface area (Å²) in [4.78, 5) is 24.2. The van der Waals surface area contributed by atoms with Gasteiger partial charge in [-0.15, -0.1) is 0 Å². The zero-order chi connectivity index (χ0) is 14.7. The number of carbonyl (C=O) groups excluding carboxylic acids is 1. The van der Waals surface area contributed by atoms with E-state index in [-0.39, 0.29) is 16.9 Å². The molecule has 0 bridgehead atoms. The number of nitro benzene ring substituents is 1. The van der Waals surface area contributed by atoms with Crippen molar-refractivity contribution in [3.8, 4) is 0 Å². The highest BCUT2D eigenvalue weighted by molar-refractivity contribution is 6.09. The fourth-order valence-corrected chi connectivity index (χ4v) is 1.89. The second-order valence-corrected chi connectivity index (χ2v) is 4.20. The van der Waals surface area contributed by atoms with Crippen LogP contribution in [0.2, 0.25) is 0 Å². The van der Waals surface area contributed by atoms with Crippen LogP contribution in [0.5, 0.6) is 0 Å². The molecule has 20 heavy (non-hydrogen) atoms. The number of benzene rings is 2. The lowest BCUT2D eigenvalue weighted by molar-refractivity contribution is -0.384. The van der Waals surface area contributed by atoms with Gasteiger partial charge in [-0.1, -0.05) is 24.3 Å². The van der Waals surface area contributed by atoms with Gasteiger partial charge in [0, 0.05) is 12.7 Å². The van der Waals surface area contributed by atoms with Gasteiger partial charge in [0.05, 0.1) is 4.92 Å². The normalized spacial score (nSPS) is 10.1. The Balaban J connectivity index is 2.44. The number of rotatable bonds is 3. The lowest BCUT2D eigenvalue weighted by atomic mass is 10.1. The minimum Gasteiger partial charge on any atom is -0.393 e. The molecule has 0 radical (unpaired) electrons. The third kappa shape index (κ3) is 2.44. The number of hydrogen-bond acceptors (Lipinski definition) is 4. The Morgan fingerprint density at radius 1 is 1.15 bits per heavy atom. The molecule has 2 N–H and O–H groups in total. The van der Waals surface area contributed by atoms with Crippen molar-refractivity contribution < 1.29 is 9.72 Å². The summed E-state index contributed by atoms with van der Waals surface area (Å²) in [5.41, 5.74) is 5.82. The molecule has 2 rings (SSSR count). The van der Waals surface area contributed by atoms with Crippen LogP contribution >= 0.6 is 0 Å². The highest BCUT2D eigenvalue weighted by atomic mass is 16.6. The van der Waals surface area contributed by atoms with Crippen LogP contribution in [0.3, 0.4) is 0 Å². The van der Waals surface area contributed by atoms with Gasteiger partial charge in [0.2, 0.25) is 0 Å². The Kier molecular flexibility index (Phi) is 3.65. The van der Waals surface area contributed by atoms with Crippen LogP contribution in [-0.2, 0) is 0 Å². The zero-order valence-corrected chi connectivity index (χ0v) is 10.8. The molecule has 1 amide bonds. The predicted molar refractivity (Wildman–Crippen MR) is 76.7 cm³/mol. The van der Waals surface area contributed by atoms with Gasteiger partial charge < -0.3 is 10.6 Å². The van der Waals surface area contributed by atoms with E-state index >= 15 is 0 Å². The number of carbonyl (C=O) groups is 1. The summed E-state index contributed by atoms with van der Waals surface area (Å²) in [6.45, 7) is 0. The molecule has 2 aromatic rings. The van der Waals surface area contributed by atoms with Gasteiger partial charge in [-0.25, -0.2) is 0 Å². The maximum absolute atomic E-state index is 12.4. The standard InChI is InChI=1S/C14H13N3O3/c1-16(10-6-3-2-4-7-10)14(18)11-8-5-9-12(15)13(11)17(19)20/h2-9H,15H2,1H3. The molecule has 0 aromatic heterocycles. The summed E-state index contributed by atoms with van der Waals surface area (Å²) < 4.78 is 0. The molecule has 6 nitrogen and oxygen atoms in total. The third-order valence-corrected chi connectivity index (χ3v) is 2.93. The van der Waals surface area contributed by atoms with Gasteiger partial charge in [-0.2, -0.15) is 0 Å². The van der Waals surface area contributed by atoms with E-state index in [4.69, 9.17) is 5.73 Å². The van der Waals surface area contributed by atoms with Crippen molar-refractivity contribution in [1.29, 1.82) is 0 Å². The number of para-hydroxylation sites is 2. The molecule has 0 atom stereocenters. The van der Waals surface area contributed by atoms with Crippen LogP contribution in [0.4, 0.5) is 17.1 Å². The lowest BCUT2D eigenvalue weighted by Crippen LogP contribution is -2.27. The van der Waals surface area contributed by atoms with Crippen molar-refractivity contribution in [2.24, 2.45) is 0 Å². The number of anilines is 2. The molecule has 0 heterocycles. The van der Waals surface area contributed by atoms with Gasteiger partial charge >= 0.3 is 5.69 Å². The zero-order valence-electron chi connectivity index (χ0n) is 10.8. The first-order valence-corrected chi connectivity index (χ1v) is 5.88. The summed E-state index contributed by atoms with van der Waals surface area (Å²) in [6.07, 6.45) is 0. The number of nitrogen functional groups attached to an aromatic ring is 1. The van der Waals surface area contributed by atoms with Crippen LogP contribution in [0.25, 0.3) is 0 Å². The Bertz CT molecular complexity index is 656. The molecule has 102 valence electrons. The summed E-state index contributed by atoms with van der Waals surface area (Å²) in [5.74, 6) is -0.477. The third-order valence-electron chi connectivity index (χ3n) is 2.93. The second kappa shape index (κ2) is 5.40. The number of nitro groups is 1. The smallest absolute Gasteiger partial charge is 0.304 e. The first kappa shape index (κ1) is 13.5. The molecular formula is C14H13N3O3. The summed E-state index contributed by atoms with van der Waals surface area (Å²) in [7, 11) is 1.56. The van der Waals surface area contributed by atoms with Crippen LogP contribution < -0.4 is 10.6 Å². The molecule has 6 heteroatoms. The van der Waals surface area contributed by atoms with Crippen LogP contribution in [-0.4, -0.2) is 17.9 Å². The van der Waals surface area contributed by atoms with Gasteiger partial charge in [0.25, 0.3) is 5.91 Å². The number of nitrogens with two attached hydrogens (primary N) is 1. The summed E-state index contributed by atoms with van der Waals surface area (Å²) >= 11 is 0. The predicted octanol–water partition coefficient (Wildman–Crippen LogP) is 2.45. The molecule has 0 saturated carbocycles. The van der Waals surface area contributed by atoms with E-state index in [0.29, 0.717) is 5.69 Å². The monoisotopic (exact) mass is 271 g/mol. The highest BCUT2D eigenvalue weighted by Crippen LogP contribution is 2.28. The average Bonchev–Trinajstić information content (AvgIpc) is 2.46. The highest BCUT2D eigenvalue weighted by Gasteiger charge is 2.25. The number of amides is 1. The lowest BCUT2D eigenvalue weighted by Gasteiger charge is -2.17.